The summed E-state index contributed by atoms with van der Waals surface area (Å²) in [6.45, 7) is 5.89. The molecule has 3 heteroatoms. The van der Waals surface area contributed by atoms with Crippen molar-refractivity contribution in [3.05, 3.63) is 53.6 Å². The lowest BCUT2D eigenvalue weighted by molar-refractivity contribution is 0.0697. The van der Waals surface area contributed by atoms with Crippen LogP contribution in [0, 0.1) is 6.92 Å². The van der Waals surface area contributed by atoms with Crippen LogP contribution in [0.3, 0.4) is 0 Å². The highest BCUT2D eigenvalue weighted by Crippen LogP contribution is 2.26. The number of hydrogen-bond acceptors (Lipinski definition) is 2. The Morgan fingerprint density at radius 1 is 1.10 bits per heavy atom. The fraction of sp³-hybridized carbons (Fsp3) is 0.235. The van der Waals surface area contributed by atoms with Gasteiger partial charge in [0, 0.05) is 0 Å². The van der Waals surface area contributed by atoms with Gasteiger partial charge in [0.2, 0.25) is 0 Å². The monoisotopic (exact) mass is 270 g/mol. The molecular formula is C17H18O3. The predicted molar refractivity (Wildman–Crippen MR) is 79.3 cm³/mol. The lowest BCUT2D eigenvalue weighted by Crippen LogP contribution is -2.05. The van der Waals surface area contributed by atoms with Crippen LogP contribution in [-0.2, 0) is 0 Å². The minimum Gasteiger partial charge on any atom is -0.491 e. The van der Waals surface area contributed by atoms with E-state index in [1.807, 2.05) is 51.1 Å². The van der Waals surface area contributed by atoms with Crippen LogP contribution in [0.1, 0.15) is 29.8 Å². The maximum atomic E-state index is 10.9. The van der Waals surface area contributed by atoms with Crippen LogP contribution in [0.5, 0.6) is 5.75 Å². The Morgan fingerprint density at radius 2 is 1.75 bits per heavy atom. The van der Waals surface area contributed by atoms with Crippen LogP contribution in [0.25, 0.3) is 11.1 Å². The highest BCUT2D eigenvalue weighted by molar-refractivity contribution is 5.89. The number of carbonyl (C=O) groups is 1. The Bertz CT molecular complexity index is 613. The van der Waals surface area contributed by atoms with Crippen LogP contribution in [0.15, 0.2) is 42.5 Å². The van der Waals surface area contributed by atoms with E-state index >= 15 is 0 Å². The summed E-state index contributed by atoms with van der Waals surface area (Å²) >= 11 is 0. The van der Waals surface area contributed by atoms with Gasteiger partial charge < -0.3 is 9.84 Å². The molecule has 0 spiro atoms. The van der Waals surface area contributed by atoms with Crippen molar-refractivity contribution in [2.24, 2.45) is 0 Å². The largest absolute Gasteiger partial charge is 0.491 e. The molecule has 2 aromatic carbocycles. The van der Waals surface area contributed by atoms with Crippen molar-refractivity contribution >= 4 is 5.97 Å². The third-order valence-corrected chi connectivity index (χ3v) is 3.01. The summed E-state index contributed by atoms with van der Waals surface area (Å²) < 4.78 is 5.61. The molecule has 0 radical (unpaired) electrons. The van der Waals surface area contributed by atoms with Crippen LogP contribution >= 0.6 is 0 Å². The Morgan fingerprint density at radius 3 is 2.25 bits per heavy atom. The Hall–Kier alpha value is -2.29. The predicted octanol–water partition coefficient (Wildman–Crippen LogP) is 4.15. The fourth-order valence-electron chi connectivity index (χ4n) is 2.11. The third-order valence-electron chi connectivity index (χ3n) is 3.01. The lowest BCUT2D eigenvalue weighted by atomic mass is 9.98. The third kappa shape index (κ3) is 3.18. The SMILES string of the molecule is Cc1cc(C(=O)O)ccc1-c1ccc(OC(C)C)cc1. The van der Waals surface area contributed by atoms with Crippen LogP contribution in [-0.4, -0.2) is 17.2 Å². The van der Waals surface area contributed by atoms with Gasteiger partial charge in [0.25, 0.3) is 0 Å². The molecule has 1 N–H and O–H groups in total. The summed E-state index contributed by atoms with van der Waals surface area (Å²) in [6, 6.07) is 13.0. The summed E-state index contributed by atoms with van der Waals surface area (Å²) in [5.74, 6) is -0.0658. The molecule has 104 valence electrons. The molecule has 3 nitrogen and oxygen atoms in total. The van der Waals surface area contributed by atoms with Crippen molar-refractivity contribution in [3.8, 4) is 16.9 Å². The number of benzene rings is 2. The molecule has 0 bridgehead atoms. The van der Waals surface area contributed by atoms with Crippen LogP contribution < -0.4 is 4.74 Å². The first-order valence-electron chi connectivity index (χ1n) is 6.58. The number of carboxylic acids is 1. The summed E-state index contributed by atoms with van der Waals surface area (Å²) in [7, 11) is 0. The minimum atomic E-state index is -0.902. The molecule has 0 saturated heterocycles. The average Bonchev–Trinajstić information content (AvgIpc) is 2.39. The van der Waals surface area contributed by atoms with E-state index in [2.05, 4.69) is 0 Å². The second-order valence-corrected chi connectivity index (χ2v) is 5.03. The number of aryl methyl sites for hydroxylation is 1. The molecular weight excluding hydrogens is 252 g/mol. The zero-order chi connectivity index (χ0) is 14.7. The molecule has 2 rings (SSSR count). The van der Waals surface area contributed by atoms with E-state index in [1.54, 1.807) is 12.1 Å². The Labute approximate surface area is 118 Å². The van der Waals surface area contributed by atoms with E-state index in [9.17, 15) is 4.79 Å². The van der Waals surface area contributed by atoms with Crippen molar-refractivity contribution in [1.82, 2.24) is 0 Å². The molecule has 0 heterocycles. The van der Waals surface area contributed by atoms with Gasteiger partial charge in [-0.05, 0) is 61.7 Å². The molecule has 2 aromatic rings. The Kier molecular flexibility index (Phi) is 4.08. The van der Waals surface area contributed by atoms with Gasteiger partial charge in [0.1, 0.15) is 5.75 Å². The quantitative estimate of drug-likeness (QED) is 0.907. The molecule has 0 amide bonds. The Balaban J connectivity index is 2.30. The molecule has 0 aliphatic rings. The highest BCUT2D eigenvalue weighted by Gasteiger charge is 2.07. The number of carboxylic acid groups (broad SMARTS) is 1. The first-order valence-corrected chi connectivity index (χ1v) is 6.58. The van der Waals surface area contributed by atoms with Gasteiger partial charge in [-0.1, -0.05) is 18.2 Å². The molecule has 0 aliphatic heterocycles. The van der Waals surface area contributed by atoms with Gasteiger partial charge in [0.15, 0.2) is 0 Å². The average molecular weight is 270 g/mol. The highest BCUT2D eigenvalue weighted by atomic mass is 16.5. The maximum Gasteiger partial charge on any atom is 0.335 e. The van der Waals surface area contributed by atoms with Gasteiger partial charge in [0.05, 0.1) is 11.7 Å². The van der Waals surface area contributed by atoms with Gasteiger partial charge in [-0.3, -0.25) is 0 Å². The normalized spacial score (nSPS) is 10.6. The molecule has 0 saturated carbocycles. The van der Waals surface area contributed by atoms with Crippen LogP contribution in [0.4, 0.5) is 0 Å². The topological polar surface area (TPSA) is 46.5 Å². The summed E-state index contributed by atoms with van der Waals surface area (Å²) in [5, 5.41) is 8.97. The van der Waals surface area contributed by atoms with E-state index in [1.165, 1.54) is 0 Å². The van der Waals surface area contributed by atoms with E-state index in [0.29, 0.717) is 5.56 Å². The van der Waals surface area contributed by atoms with Gasteiger partial charge in [-0.2, -0.15) is 0 Å². The molecule has 0 fully saturated rings. The second kappa shape index (κ2) is 5.78. The van der Waals surface area contributed by atoms with Crippen molar-refractivity contribution in [3.63, 3.8) is 0 Å². The molecule has 0 unspecified atom stereocenters. The molecule has 0 aliphatic carbocycles. The number of ether oxygens (including phenoxy) is 1. The number of hydrogen-bond donors (Lipinski definition) is 1. The van der Waals surface area contributed by atoms with E-state index in [4.69, 9.17) is 9.84 Å². The fourth-order valence-corrected chi connectivity index (χ4v) is 2.11. The van der Waals surface area contributed by atoms with Crippen LogP contribution in [0.2, 0.25) is 0 Å². The summed E-state index contributed by atoms with van der Waals surface area (Å²) in [4.78, 5) is 10.9. The van der Waals surface area contributed by atoms with Crippen molar-refractivity contribution in [2.45, 2.75) is 26.9 Å². The van der Waals surface area contributed by atoms with Crippen molar-refractivity contribution in [1.29, 1.82) is 0 Å². The number of aromatic carboxylic acids is 1. The first kappa shape index (κ1) is 14.1. The van der Waals surface area contributed by atoms with E-state index < -0.39 is 5.97 Å². The van der Waals surface area contributed by atoms with E-state index in [-0.39, 0.29) is 6.10 Å². The molecule has 0 atom stereocenters. The lowest BCUT2D eigenvalue weighted by Gasteiger charge is -2.11. The standard InChI is InChI=1S/C17H18O3/c1-11(2)20-15-7-4-13(5-8-15)16-9-6-14(17(18)19)10-12(16)3/h4-11H,1-3H3,(H,18,19). The maximum absolute atomic E-state index is 10.9. The summed E-state index contributed by atoms with van der Waals surface area (Å²) in [5.41, 5.74) is 3.34. The van der Waals surface area contributed by atoms with E-state index in [0.717, 1.165) is 22.4 Å². The molecule has 20 heavy (non-hydrogen) atoms. The van der Waals surface area contributed by atoms with Crippen molar-refractivity contribution < 1.29 is 14.6 Å². The number of rotatable bonds is 4. The summed E-state index contributed by atoms with van der Waals surface area (Å²) in [6.07, 6.45) is 0.150. The molecule has 0 aromatic heterocycles. The zero-order valence-electron chi connectivity index (χ0n) is 11.9. The van der Waals surface area contributed by atoms with Gasteiger partial charge in [-0.25, -0.2) is 4.79 Å². The van der Waals surface area contributed by atoms with Crippen molar-refractivity contribution in [2.75, 3.05) is 0 Å². The zero-order valence-corrected chi connectivity index (χ0v) is 11.9. The first-order chi connectivity index (χ1) is 9.47. The second-order valence-electron chi connectivity index (χ2n) is 5.03. The van der Waals surface area contributed by atoms with Gasteiger partial charge in [-0.15, -0.1) is 0 Å². The minimum absolute atomic E-state index is 0.150. The van der Waals surface area contributed by atoms with Gasteiger partial charge >= 0.3 is 5.97 Å². The smallest absolute Gasteiger partial charge is 0.335 e.